The minimum absolute atomic E-state index is 0.196. The Hall–Kier alpha value is -2.27. The molecule has 0 fully saturated rings. The Kier molecular flexibility index (Phi) is 6.34. The van der Waals surface area contributed by atoms with Crippen molar-refractivity contribution >= 4 is 29.3 Å². The Morgan fingerprint density at radius 2 is 1.85 bits per heavy atom. The second kappa shape index (κ2) is 8.90. The number of hydrogen-bond donors (Lipinski definition) is 1. The first kappa shape index (κ1) is 18.5. The van der Waals surface area contributed by atoms with E-state index in [1.54, 1.807) is 11.8 Å². The minimum atomic E-state index is -0.380. The van der Waals surface area contributed by atoms with Crippen molar-refractivity contribution in [3.63, 3.8) is 0 Å². The lowest BCUT2D eigenvalue weighted by atomic mass is 9.90. The topological polar surface area (TPSA) is 55.4 Å². The van der Waals surface area contributed by atoms with Crippen LogP contribution in [-0.2, 0) is 33.6 Å². The van der Waals surface area contributed by atoms with E-state index in [4.69, 9.17) is 4.74 Å². The van der Waals surface area contributed by atoms with Crippen LogP contribution in [0.1, 0.15) is 29.5 Å². The molecule has 0 saturated carbocycles. The largest absolute Gasteiger partial charge is 0.455 e. The first-order valence-corrected chi connectivity index (χ1v) is 10.1. The fourth-order valence-electron chi connectivity index (χ4n) is 3.19. The van der Waals surface area contributed by atoms with Gasteiger partial charge in [0.2, 0.25) is 0 Å². The Morgan fingerprint density at radius 1 is 1.08 bits per heavy atom. The number of nitrogens with one attached hydrogen (secondary N) is 1. The van der Waals surface area contributed by atoms with E-state index in [0.29, 0.717) is 0 Å². The average molecular weight is 369 g/mol. The van der Waals surface area contributed by atoms with Gasteiger partial charge in [-0.15, -0.1) is 11.8 Å². The predicted molar refractivity (Wildman–Crippen MR) is 105 cm³/mol. The van der Waals surface area contributed by atoms with Gasteiger partial charge in [0, 0.05) is 4.90 Å². The lowest BCUT2D eigenvalue weighted by Gasteiger charge is -2.16. The highest BCUT2D eigenvalue weighted by molar-refractivity contribution is 7.98. The van der Waals surface area contributed by atoms with Crippen LogP contribution in [0.4, 0.5) is 5.69 Å². The quantitative estimate of drug-likeness (QED) is 0.617. The van der Waals surface area contributed by atoms with Crippen molar-refractivity contribution in [2.45, 2.75) is 37.0 Å². The third kappa shape index (κ3) is 4.88. The summed E-state index contributed by atoms with van der Waals surface area (Å²) in [4.78, 5) is 25.1. The van der Waals surface area contributed by atoms with E-state index in [9.17, 15) is 9.59 Å². The number of esters is 1. The number of ether oxygens (including phenoxy) is 1. The standard InChI is InChI=1S/C21H23NO3S/c1-26-19-9-5-4-8-18(19)22-20(23)14-25-21(24)13-15-10-11-16-6-2-3-7-17(16)12-15/h4-5,8-12H,2-3,6-7,13-14H2,1H3,(H,22,23). The maximum atomic E-state index is 12.1. The molecule has 5 heteroatoms. The molecular formula is C21H23NO3S. The van der Waals surface area contributed by atoms with Crippen LogP contribution in [-0.4, -0.2) is 24.7 Å². The van der Waals surface area contributed by atoms with Crippen molar-refractivity contribution in [2.75, 3.05) is 18.2 Å². The van der Waals surface area contributed by atoms with Gasteiger partial charge in [-0.2, -0.15) is 0 Å². The molecule has 1 N–H and O–H groups in total. The number of thioether (sulfide) groups is 1. The van der Waals surface area contributed by atoms with Gasteiger partial charge in [-0.05, 0) is 60.8 Å². The summed E-state index contributed by atoms with van der Waals surface area (Å²) in [5.41, 5.74) is 4.41. The Labute approximate surface area is 158 Å². The number of carbonyl (C=O) groups excluding carboxylic acids is 2. The first-order valence-electron chi connectivity index (χ1n) is 8.85. The first-order chi connectivity index (χ1) is 12.7. The van der Waals surface area contributed by atoms with Gasteiger partial charge in [-0.1, -0.05) is 30.3 Å². The second-order valence-corrected chi connectivity index (χ2v) is 7.24. The molecule has 0 heterocycles. The molecule has 0 aliphatic heterocycles. The van der Waals surface area contributed by atoms with Crippen LogP contribution < -0.4 is 5.32 Å². The van der Waals surface area contributed by atoms with Crippen LogP contribution in [0.5, 0.6) is 0 Å². The fourth-order valence-corrected chi connectivity index (χ4v) is 3.75. The van der Waals surface area contributed by atoms with Crippen LogP contribution in [0.3, 0.4) is 0 Å². The number of rotatable bonds is 6. The molecule has 2 aromatic carbocycles. The van der Waals surface area contributed by atoms with Gasteiger partial charge in [-0.3, -0.25) is 9.59 Å². The maximum Gasteiger partial charge on any atom is 0.310 e. The monoisotopic (exact) mass is 369 g/mol. The number of para-hydroxylation sites is 1. The van der Waals surface area contributed by atoms with Gasteiger partial charge in [-0.25, -0.2) is 0 Å². The summed E-state index contributed by atoms with van der Waals surface area (Å²) < 4.78 is 5.14. The molecule has 4 nitrogen and oxygen atoms in total. The van der Waals surface area contributed by atoms with Gasteiger partial charge >= 0.3 is 5.97 Å². The maximum absolute atomic E-state index is 12.1. The molecule has 3 rings (SSSR count). The van der Waals surface area contributed by atoms with Crippen molar-refractivity contribution in [1.29, 1.82) is 0 Å². The number of amides is 1. The van der Waals surface area contributed by atoms with Gasteiger partial charge in [0.05, 0.1) is 12.1 Å². The number of carbonyl (C=O) groups is 2. The summed E-state index contributed by atoms with van der Waals surface area (Å²) in [6, 6.07) is 13.7. The Morgan fingerprint density at radius 3 is 2.65 bits per heavy atom. The lowest BCUT2D eigenvalue weighted by Crippen LogP contribution is -2.22. The van der Waals surface area contributed by atoms with E-state index >= 15 is 0 Å². The average Bonchev–Trinajstić information content (AvgIpc) is 2.67. The summed E-state index contributed by atoms with van der Waals surface area (Å²) in [5.74, 6) is -0.709. The van der Waals surface area contributed by atoms with Crippen molar-refractivity contribution in [1.82, 2.24) is 0 Å². The fraction of sp³-hybridized carbons (Fsp3) is 0.333. The summed E-state index contributed by atoms with van der Waals surface area (Å²) in [6.45, 7) is -0.271. The molecule has 0 radical (unpaired) electrons. The molecule has 0 aromatic heterocycles. The van der Waals surface area contributed by atoms with Crippen molar-refractivity contribution < 1.29 is 14.3 Å². The molecule has 0 unspecified atom stereocenters. The molecule has 26 heavy (non-hydrogen) atoms. The van der Waals surface area contributed by atoms with Crippen LogP contribution in [0.25, 0.3) is 0 Å². The smallest absolute Gasteiger partial charge is 0.310 e. The molecule has 136 valence electrons. The molecule has 0 saturated heterocycles. The SMILES string of the molecule is CSc1ccccc1NC(=O)COC(=O)Cc1ccc2c(c1)CCCC2. The molecular weight excluding hydrogens is 346 g/mol. The zero-order valence-electron chi connectivity index (χ0n) is 14.9. The predicted octanol–water partition coefficient (Wildman–Crippen LogP) is 4.01. The van der Waals surface area contributed by atoms with E-state index in [2.05, 4.69) is 17.4 Å². The number of hydrogen-bond acceptors (Lipinski definition) is 4. The van der Waals surface area contributed by atoms with E-state index in [-0.39, 0.29) is 24.9 Å². The minimum Gasteiger partial charge on any atom is -0.455 e. The third-order valence-corrected chi connectivity index (χ3v) is 5.30. The van der Waals surface area contributed by atoms with Crippen molar-refractivity contribution in [2.24, 2.45) is 0 Å². The second-order valence-electron chi connectivity index (χ2n) is 6.40. The van der Waals surface area contributed by atoms with Gasteiger partial charge in [0.15, 0.2) is 6.61 Å². The van der Waals surface area contributed by atoms with Crippen LogP contribution >= 0.6 is 11.8 Å². The molecule has 0 spiro atoms. The zero-order valence-corrected chi connectivity index (χ0v) is 15.7. The molecule has 0 bridgehead atoms. The Balaban J connectivity index is 1.50. The normalized spacial score (nSPS) is 13.0. The third-order valence-electron chi connectivity index (χ3n) is 4.51. The summed E-state index contributed by atoms with van der Waals surface area (Å²) in [7, 11) is 0. The molecule has 2 aromatic rings. The van der Waals surface area contributed by atoms with Gasteiger partial charge < -0.3 is 10.1 Å². The number of benzene rings is 2. The highest BCUT2D eigenvalue weighted by atomic mass is 32.2. The summed E-state index contributed by atoms with van der Waals surface area (Å²) in [6.07, 6.45) is 6.79. The van der Waals surface area contributed by atoms with E-state index in [0.717, 1.165) is 29.0 Å². The Bertz CT molecular complexity index is 804. The number of fused-ring (bicyclic) bond motifs is 1. The number of aryl methyl sites for hydroxylation is 2. The van der Waals surface area contributed by atoms with Crippen LogP contribution in [0.15, 0.2) is 47.4 Å². The van der Waals surface area contributed by atoms with Crippen LogP contribution in [0.2, 0.25) is 0 Å². The van der Waals surface area contributed by atoms with Crippen molar-refractivity contribution in [3.8, 4) is 0 Å². The highest BCUT2D eigenvalue weighted by Gasteiger charge is 2.13. The van der Waals surface area contributed by atoms with Crippen molar-refractivity contribution in [3.05, 3.63) is 59.2 Å². The molecule has 0 atom stereocenters. The molecule has 1 aliphatic carbocycles. The van der Waals surface area contributed by atoms with Crippen LogP contribution in [0, 0.1) is 0 Å². The van der Waals surface area contributed by atoms with E-state index in [1.807, 2.05) is 36.6 Å². The molecule has 1 aliphatic rings. The molecule has 1 amide bonds. The summed E-state index contributed by atoms with van der Waals surface area (Å²) in [5, 5.41) is 2.78. The summed E-state index contributed by atoms with van der Waals surface area (Å²) >= 11 is 1.55. The van der Waals surface area contributed by atoms with E-state index in [1.165, 1.54) is 24.0 Å². The van der Waals surface area contributed by atoms with Gasteiger partial charge in [0.25, 0.3) is 5.91 Å². The van der Waals surface area contributed by atoms with E-state index < -0.39 is 0 Å². The highest BCUT2D eigenvalue weighted by Crippen LogP contribution is 2.24. The lowest BCUT2D eigenvalue weighted by molar-refractivity contribution is -0.146. The number of anilines is 1. The zero-order chi connectivity index (χ0) is 18.4. The van der Waals surface area contributed by atoms with Gasteiger partial charge in [0.1, 0.15) is 0 Å².